The van der Waals surface area contributed by atoms with Crippen LogP contribution in [0.4, 0.5) is 5.69 Å². The van der Waals surface area contributed by atoms with Gasteiger partial charge in [-0.3, -0.25) is 0 Å². The predicted molar refractivity (Wildman–Crippen MR) is 89.3 cm³/mol. The van der Waals surface area contributed by atoms with Crippen molar-refractivity contribution in [3.8, 4) is 0 Å². The zero-order chi connectivity index (χ0) is 13.8. The smallest absolute Gasteiger partial charge is 0.0340 e. The summed E-state index contributed by atoms with van der Waals surface area (Å²) in [5.74, 6) is 0. The van der Waals surface area contributed by atoms with Crippen LogP contribution in [0.2, 0.25) is 0 Å². The maximum Gasteiger partial charge on any atom is 0.0340 e. The van der Waals surface area contributed by atoms with Gasteiger partial charge in [-0.15, -0.1) is 11.8 Å². The highest BCUT2D eigenvalue weighted by molar-refractivity contribution is 7.98. The van der Waals surface area contributed by atoms with Crippen LogP contribution in [0.15, 0.2) is 29.2 Å². The molecule has 1 rings (SSSR count). The van der Waals surface area contributed by atoms with Gasteiger partial charge in [0, 0.05) is 17.1 Å². The van der Waals surface area contributed by atoms with Crippen LogP contribution in [0.5, 0.6) is 0 Å². The first-order valence-corrected chi connectivity index (χ1v) is 8.97. The van der Waals surface area contributed by atoms with E-state index in [1.807, 2.05) is 0 Å². The Morgan fingerprint density at radius 2 is 1.42 bits per heavy atom. The van der Waals surface area contributed by atoms with E-state index in [-0.39, 0.29) is 0 Å². The van der Waals surface area contributed by atoms with Crippen molar-refractivity contribution in [1.29, 1.82) is 0 Å². The van der Waals surface area contributed by atoms with Gasteiger partial charge in [-0.1, -0.05) is 51.9 Å². The molecular formula is C17H29NS. The summed E-state index contributed by atoms with van der Waals surface area (Å²) in [5, 5.41) is 3.50. The molecule has 0 saturated carbocycles. The van der Waals surface area contributed by atoms with Crippen molar-refractivity contribution in [2.45, 2.75) is 63.2 Å². The van der Waals surface area contributed by atoms with Crippen LogP contribution >= 0.6 is 11.8 Å². The summed E-state index contributed by atoms with van der Waals surface area (Å²) in [6, 6.07) is 8.72. The molecule has 0 spiro atoms. The lowest BCUT2D eigenvalue weighted by Crippen LogP contribution is -2.01. The molecular weight excluding hydrogens is 250 g/mol. The highest BCUT2D eigenvalue weighted by Crippen LogP contribution is 2.17. The molecule has 0 aromatic heterocycles. The van der Waals surface area contributed by atoms with Gasteiger partial charge < -0.3 is 5.32 Å². The average Bonchev–Trinajstić information content (AvgIpc) is 2.46. The van der Waals surface area contributed by atoms with Crippen LogP contribution in [0.25, 0.3) is 0 Å². The molecule has 0 fully saturated rings. The number of hydrogen-bond donors (Lipinski definition) is 1. The zero-order valence-electron chi connectivity index (χ0n) is 12.6. The number of unbranched alkanes of at least 4 members (excludes halogenated alkanes) is 7. The number of benzene rings is 1. The summed E-state index contributed by atoms with van der Waals surface area (Å²) in [4.78, 5) is 1.33. The molecule has 0 aliphatic heterocycles. The first-order valence-electron chi connectivity index (χ1n) is 7.74. The second-order valence-corrected chi connectivity index (χ2v) is 6.01. The number of nitrogens with one attached hydrogen (secondary N) is 1. The van der Waals surface area contributed by atoms with E-state index < -0.39 is 0 Å². The first kappa shape index (κ1) is 16.4. The van der Waals surface area contributed by atoms with E-state index in [1.54, 1.807) is 11.8 Å². The van der Waals surface area contributed by atoms with Gasteiger partial charge in [-0.05, 0) is 36.9 Å². The molecule has 1 aromatic carbocycles. The van der Waals surface area contributed by atoms with E-state index in [9.17, 15) is 0 Å². The maximum absolute atomic E-state index is 3.50. The van der Waals surface area contributed by atoms with Gasteiger partial charge in [-0.25, -0.2) is 0 Å². The number of rotatable bonds is 11. The minimum atomic E-state index is 1.10. The average molecular weight is 279 g/mol. The van der Waals surface area contributed by atoms with Crippen molar-refractivity contribution in [2.24, 2.45) is 0 Å². The maximum atomic E-state index is 3.50. The van der Waals surface area contributed by atoms with Crippen molar-refractivity contribution in [2.75, 3.05) is 18.1 Å². The Hall–Kier alpha value is -0.630. The summed E-state index contributed by atoms with van der Waals surface area (Å²) >= 11 is 1.79. The second kappa shape index (κ2) is 11.2. The fourth-order valence-electron chi connectivity index (χ4n) is 2.20. The molecule has 0 atom stereocenters. The Kier molecular flexibility index (Phi) is 9.70. The monoisotopic (exact) mass is 279 g/mol. The van der Waals surface area contributed by atoms with E-state index >= 15 is 0 Å². The summed E-state index contributed by atoms with van der Waals surface area (Å²) < 4.78 is 0. The lowest BCUT2D eigenvalue weighted by molar-refractivity contribution is 0.581. The van der Waals surface area contributed by atoms with Crippen LogP contribution < -0.4 is 5.32 Å². The van der Waals surface area contributed by atoms with Crippen molar-refractivity contribution < 1.29 is 0 Å². The van der Waals surface area contributed by atoms with Gasteiger partial charge in [-0.2, -0.15) is 0 Å². The van der Waals surface area contributed by atoms with Crippen molar-refractivity contribution >= 4 is 17.4 Å². The zero-order valence-corrected chi connectivity index (χ0v) is 13.4. The van der Waals surface area contributed by atoms with E-state index in [1.165, 1.54) is 61.9 Å². The van der Waals surface area contributed by atoms with Crippen LogP contribution in [0, 0.1) is 0 Å². The Bertz CT molecular complexity index is 308. The molecule has 108 valence electrons. The van der Waals surface area contributed by atoms with E-state index in [0.29, 0.717) is 0 Å². The lowest BCUT2D eigenvalue weighted by atomic mass is 10.1. The third-order valence-corrected chi connectivity index (χ3v) is 4.19. The summed E-state index contributed by atoms with van der Waals surface area (Å²) in [6.45, 7) is 3.38. The molecule has 1 aromatic rings. The van der Waals surface area contributed by atoms with Gasteiger partial charge in [0.1, 0.15) is 0 Å². The Balaban J connectivity index is 1.95. The summed E-state index contributed by atoms with van der Waals surface area (Å²) in [6.07, 6.45) is 13.2. The number of thioether (sulfide) groups is 1. The topological polar surface area (TPSA) is 12.0 Å². The Morgan fingerprint density at radius 3 is 2.00 bits per heavy atom. The van der Waals surface area contributed by atoms with E-state index in [2.05, 4.69) is 42.8 Å². The third kappa shape index (κ3) is 8.20. The molecule has 0 heterocycles. The standard InChI is InChI=1S/C17H29NS/c1-3-4-5-6-7-8-9-10-15-18-16-11-13-17(19-2)14-12-16/h11-14,18H,3-10,15H2,1-2H3. The van der Waals surface area contributed by atoms with Crippen LogP contribution in [0.3, 0.4) is 0 Å². The molecule has 0 bridgehead atoms. The minimum absolute atomic E-state index is 1.10. The summed E-state index contributed by atoms with van der Waals surface area (Å²) in [7, 11) is 0. The van der Waals surface area contributed by atoms with Gasteiger partial charge in [0.15, 0.2) is 0 Å². The van der Waals surface area contributed by atoms with E-state index in [4.69, 9.17) is 0 Å². The Labute approximate surface area is 123 Å². The molecule has 2 heteroatoms. The molecule has 0 radical (unpaired) electrons. The molecule has 0 aliphatic carbocycles. The molecule has 1 N–H and O–H groups in total. The molecule has 0 saturated heterocycles. The quantitative estimate of drug-likeness (QED) is 0.396. The predicted octanol–water partition coefficient (Wildman–Crippen LogP) is 5.96. The SMILES string of the molecule is CCCCCCCCCCNc1ccc(SC)cc1. The Morgan fingerprint density at radius 1 is 0.842 bits per heavy atom. The lowest BCUT2D eigenvalue weighted by Gasteiger charge is -2.07. The minimum Gasteiger partial charge on any atom is -0.385 e. The van der Waals surface area contributed by atoms with E-state index in [0.717, 1.165) is 6.54 Å². The normalized spacial score (nSPS) is 10.6. The highest BCUT2D eigenvalue weighted by atomic mass is 32.2. The van der Waals surface area contributed by atoms with Crippen LogP contribution in [-0.4, -0.2) is 12.8 Å². The van der Waals surface area contributed by atoms with Gasteiger partial charge >= 0.3 is 0 Å². The van der Waals surface area contributed by atoms with Gasteiger partial charge in [0.05, 0.1) is 0 Å². The molecule has 0 amide bonds. The fourth-order valence-corrected chi connectivity index (χ4v) is 2.61. The molecule has 0 aliphatic rings. The summed E-state index contributed by atoms with van der Waals surface area (Å²) in [5.41, 5.74) is 1.25. The van der Waals surface area contributed by atoms with Crippen molar-refractivity contribution in [3.63, 3.8) is 0 Å². The molecule has 0 unspecified atom stereocenters. The van der Waals surface area contributed by atoms with Crippen molar-refractivity contribution in [1.82, 2.24) is 0 Å². The second-order valence-electron chi connectivity index (χ2n) is 5.13. The van der Waals surface area contributed by atoms with Crippen LogP contribution in [-0.2, 0) is 0 Å². The molecule has 1 nitrogen and oxygen atoms in total. The number of anilines is 1. The fraction of sp³-hybridized carbons (Fsp3) is 0.647. The largest absolute Gasteiger partial charge is 0.385 e. The van der Waals surface area contributed by atoms with Gasteiger partial charge in [0.2, 0.25) is 0 Å². The van der Waals surface area contributed by atoms with Crippen LogP contribution in [0.1, 0.15) is 58.3 Å². The van der Waals surface area contributed by atoms with Crippen molar-refractivity contribution in [3.05, 3.63) is 24.3 Å². The molecule has 19 heavy (non-hydrogen) atoms. The third-order valence-electron chi connectivity index (χ3n) is 3.45. The highest BCUT2D eigenvalue weighted by Gasteiger charge is 1.94. The van der Waals surface area contributed by atoms with Gasteiger partial charge in [0.25, 0.3) is 0 Å². The number of hydrogen-bond acceptors (Lipinski definition) is 2. The first-order chi connectivity index (χ1) is 9.36.